The van der Waals surface area contributed by atoms with Gasteiger partial charge in [-0.15, -0.1) is 0 Å². The molecule has 688 valence electrons. The monoisotopic (exact) mass is 1790 g/mol. The van der Waals surface area contributed by atoms with E-state index in [1.165, 1.54) is 14.2 Å². The third-order valence-electron chi connectivity index (χ3n) is 20.6. The molecule has 8 rings (SSSR count). The minimum Gasteiger partial charge on any atom is -0.497 e. The van der Waals surface area contributed by atoms with Gasteiger partial charge < -0.3 is 118 Å². The van der Waals surface area contributed by atoms with Gasteiger partial charge in [-0.1, -0.05) is 109 Å². The van der Waals surface area contributed by atoms with Gasteiger partial charge in [0, 0.05) is 64.7 Å². The van der Waals surface area contributed by atoms with E-state index >= 15 is 0 Å². The molecular weight excluding hydrogens is 1670 g/mol. The van der Waals surface area contributed by atoms with E-state index in [9.17, 15) is 58.3 Å². The number of primary amides is 2. The van der Waals surface area contributed by atoms with Crippen LogP contribution in [0.25, 0.3) is 0 Å². The van der Waals surface area contributed by atoms with Crippen LogP contribution in [0.4, 0.5) is 9.59 Å². The van der Waals surface area contributed by atoms with Crippen molar-refractivity contribution in [2.24, 2.45) is 29.2 Å². The highest BCUT2D eigenvalue weighted by Crippen LogP contribution is 2.49. The number of carboxylic acids is 1. The summed E-state index contributed by atoms with van der Waals surface area (Å²) < 4.78 is 105. The molecule has 2 fully saturated rings. The zero-order valence-corrected chi connectivity index (χ0v) is 73.9. The van der Waals surface area contributed by atoms with E-state index in [0.29, 0.717) is 56.4 Å². The van der Waals surface area contributed by atoms with Gasteiger partial charge in [-0.3, -0.25) is 38.4 Å². The van der Waals surface area contributed by atoms with Crippen LogP contribution >= 0.6 is 8.53 Å². The standard InChI is InChI=1S/C90H115N8O28P/c1-56(2)98(57(3)4)127(120-46-18-41-91)126-71(52-116-87(108)96-50-79(104)94-42-19-44-114-85-73(47-77(92)102)82(121-58(5)99)72(49-81(106)107)75(124-85)54-118-89(61-21-14-12-15-22-61,63-25-33-67(110-8)34-26-63)64-27-35-68(111-9)36-28-64)53-117-88(109)97-51-80(105)95-43-20-45-115-86-74(48-78(93)103)83(122-59(6)100)84(123-60(7)101)76(125-86)55-119-90(62-23-16-13-17-24-62,65-29-37-69(112-10)38-30-65)66-31-39-70(113-11)40-32-66/h12-17,21-40,56-57,71-76,82-86H,18-20,42-55H2,1-11H3,(H2,92,102)(H2,93,103)(H,94,104)(H,95,105)(H,96,108)(H,97,109)(H,106,107)/t71?,72-,73+,74+,75-,76+,82+,83+,84-,85+,86+,127?/m0/s1. The first-order chi connectivity index (χ1) is 61.0. The van der Waals surface area contributed by atoms with Gasteiger partial charge in [0.2, 0.25) is 23.6 Å². The van der Waals surface area contributed by atoms with Gasteiger partial charge in [-0.25, -0.2) is 14.3 Å². The lowest BCUT2D eigenvalue weighted by Gasteiger charge is -2.46. The van der Waals surface area contributed by atoms with Crippen molar-refractivity contribution in [2.75, 3.05) is 101 Å². The average Bonchev–Trinajstić information content (AvgIpc) is 0.750. The third kappa shape index (κ3) is 29.5. The number of benzene rings is 6. The lowest BCUT2D eigenvalue weighted by atomic mass is 9.78. The van der Waals surface area contributed by atoms with Crippen molar-refractivity contribution in [1.82, 2.24) is 25.9 Å². The molecule has 2 heterocycles. The Balaban J connectivity index is 0.877. The largest absolute Gasteiger partial charge is 0.497 e. The molecule has 127 heavy (non-hydrogen) atoms. The minimum atomic E-state index is -2.04. The number of alkyl carbamates (subject to hydrolysis) is 2. The Morgan fingerprint density at radius 1 is 0.480 bits per heavy atom. The minimum absolute atomic E-state index is 0.0101. The van der Waals surface area contributed by atoms with Gasteiger partial charge >= 0.3 is 36.1 Å². The molecule has 12 atom stereocenters. The summed E-state index contributed by atoms with van der Waals surface area (Å²) in [4.78, 5) is 131. The van der Waals surface area contributed by atoms with Gasteiger partial charge in [0.05, 0.1) is 111 Å². The molecule has 6 aromatic rings. The number of esters is 3. The molecule has 0 saturated carbocycles. The zero-order valence-electron chi connectivity index (χ0n) is 73.0. The van der Waals surface area contributed by atoms with Crippen molar-refractivity contribution in [3.8, 4) is 29.1 Å². The molecule has 0 bridgehead atoms. The molecule has 2 unspecified atom stereocenters. The fraction of sp³-hybridized carbons (Fsp3) is 0.478. The van der Waals surface area contributed by atoms with Crippen LogP contribution in [0.1, 0.15) is 120 Å². The summed E-state index contributed by atoms with van der Waals surface area (Å²) in [7, 11) is 4.12. The fourth-order valence-electron chi connectivity index (χ4n) is 15.0. The predicted octanol–water partition coefficient (Wildman–Crippen LogP) is 8.52. The maximum atomic E-state index is 13.4. The Morgan fingerprint density at radius 2 is 0.843 bits per heavy atom. The smallest absolute Gasteiger partial charge is 0.407 e. The van der Waals surface area contributed by atoms with Crippen molar-refractivity contribution in [2.45, 2.75) is 159 Å². The van der Waals surface area contributed by atoms with Gasteiger partial charge in [-0.05, 0) is 122 Å². The van der Waals surface area contributed by atoms with Crippen LogP contribution in [0.5, 0.6) is 23.0 Å². The van der Waals surface area contributed by atoms with Gasteiger partial charge in [0.15, 0.2) is 18.7 Å². The molecule has 36 nitrogen and oxygen atoms in total. The van der Waals surface area contributed by atoms with E-state index in [0.717, 1.165) is 20.8 Å². The second-order valence-electron chi connectivity index (χ2n) is 30.2. The maximum Gasteiger partial charge on any atom is 0.407 e. The average molecular weight is 1790 g/mol. The summed E-state index contributed by atoms with van der Waals surface area (Å²) in [6, 6.07) is 49.1. The van der Waals surface area contributed by atoms with Crippen LogP contribution in [0.15, 0.2) is 158 Å². The Hall–Kier alpha value is -11.6. The number of ether oxygens (including phenoxy) is 15. The first kappa shape index (κ1) is 101. The Bertz CT molecular complexity index is 4190. The van der Waals surface area contributed by atoms with Crippen LogP contribution in [0.2, 0.25) is 0 Å². The summed E-state index contributed by atoms with van der Waals surface area (Å²) in [5, 5.41) is 29.9. The number of nitrogens with zero attached hydrogens (tertiary/aromatic N) is 2. The van der Waals surface area contributed by atoms with E-state index in [2.05, 4.69) is 21.3 Å². The normalized spacial score (nSPS) is 19.1. The summed E-state index contributed by atoms with van der Waals surface area (Å²) in [6.07, 6.45) is -14.0. The molecule has 0 aliphatic carbocycles. The predicted molar refractivity (Wildman–Crippen MR) is 457 cm³/mol. The molecule has 0 spiro atoms. The van der Waals surface area contributed by atoms with Gasteiger partial charge in [0.25, 0.3) is 8.53 Å². The molecule has 0 aromatic heterocycles. The number of nitrogens with one attached hydrogen (secondary N) is 4. The van der Waals surface area contributed by atoms with Crippen LogP contribution in [0.3, 0.4) is 0 Å². The number of carbonyl (C=O) groups is 10. The number of hydrogen-bond donors (Lipinski definition) is 7. The summed E-state index contributed by atoms with van der Waals surface area (Å²) in [6.45, 7) is 7.49. The molecular formula is C90H115N8O28P. The third-order valence-corrected chi connectivity index (χ3v) is 22.7. The zero-order chi connectivity index (χ0) is 92.2. The van der Waals surface area contributed by atoms with Crippen molar-refractivity contribution >= 4 is 68.2 Å². The van der Waals surface area contributed by atoms with E-state index in [-0.39, 0.29) is 77.5 Å². The summed E-state index contributed by atoms with van der Waals surface area (Å²) in [5.41, 5.74) is 12.7. The molecule has 37 heteroatoms. The Labute approximate surface area is 739 Å². The van der Waals surface area contributed by atoms with Crippen molar-refractivity contribution < 1.29 is 133 Å². The second-order valence-corrected chi connectivity index (χ2v) is 31.6. The lowest BCUT2D eigenvalue weighted by molar-refractivity contribution is -0.295. The highest BCUT2D eigenvalue weighted by molar-refractivity contribution is 7.44. The molecule has 6 amide bonds. The highest BCUT2D eigenvalue weighted by atomic mass is 31.2. The van der Waals surface area contributed by atoms with Crippen LogP contribution in [-0.4, -0.2) is 232 Å². The van der Waals surface area contributed by atoms with E-state index in [1.807, 2.05) is 148 Å². The van der Waals surface area contributed by atoms with Gasteiger partial charge in [-0.2, -0.15) is 5.26 Å². The van der Waals surface area contributed by atoms with Crippen LogP contribution < -0.4 is 51.7 Å². The number of nitrogens with two attached hydrogens (primary N) is 2. The number of carbonyl (C=O) groups excluding carboxylic acids is 9. The fourth-order valence-corrected chi connectivity index (χ4v) is 16.7. The Kier molecular flexibility index (Phi) is 40.2. The Morgan fingerprint density at radius 3 is 1.20 bits per heavy atom. The first-order valence-corrected chi connectivity index (χ1v) is 42.5. The maximum absolute atomic E-state index is 13.4. The van der Waals surface area contributed by atoms with Crippen molar-refractivity contribution in [1.29, 1.82) is 5.26 Å². The number of nitriles is 1. The van der Waals surface area contributed by atoms with Crippen LogP contribution in [-0.2, 0) is 111 Å². The highest BCUT2D eigenvalue weighted by Gasteiger charge is 2.54. The number of aliphatic carboxylic acids is 1. The molecule has 6 aromatic carbocycles. The van der Waals surface area contributed by atoms with Crippen molar-refractivity contribution in [3.63, 3.8) is 0 Å². The molecule has 2 saturated heterocycles. The topological polar surface area (TPSA) is 475 Å². The molecule has 0 radical (unpaired) electrons. The number of amides is 6. The number of rotatable bonds is 51. The van der Waals surface area contributed by atoms with Crippen molar-refractivity contribution in [3.05, 3.63) is 191 Å². The number of carboxylic acid groups (broad SMARTS) is 1. The SMILES string of the molecule is COc1ccc(C(OC[C@@H]2O[C@@H](OCCCNC(=O)CNC(=O)OCC(COC(=O)NCC(=O)NCCCO[C@@H]3O[C@H](COC(c4ccccc4)(c4ccc(OC)cc4)c4ccc(OC)cc4)[C@H](OC(C)=O)[C@H](OC(C)=O)[C@H]3CC(N)=O)OP(OCCC#N)N(C(C)C)C(C)C)[C@H](CC(N)=O)[C@H](OC(C)=O)[C@H]2CC(=O)O)(c2ccccc2)c2ccc(OC)cc2)cc1. The molecule has 2 aliphatic heterocycles. The quantitative estimate of drug-likeness (QED) is 0.00618. The number of methoxy groups -OCH3 is 4. The second kappa shape index (κ2) is 50.7. The molecule has 9 N–H and O–H groups in total. The molecule has 2 aliphatic rings. The number of hydrogen-bond acceptors (Lipinski definition) is 29. The summed E-state index contributed by atoms with van der Waals surface area (Å²) >= 11 is 0. The van der Waals surface area contributed by atoms with E-state index in [4.69, 9.17) is 91.6 Å². The van der Waals surface area contributed by atoms with Crippen LogP contribution in [0, 0.1) is 29.1 Å². The van der Waals surface area contributed by atoms with Gasteiger partial charge in [0.1, 0.15) is 71.8 Å². The van der Waals surface area contributed by atoms with E-state index < -0.39 is 192 Å². The lowest BCUT2D eigenvalue weighted by Crippen LogP contribution is -2.60. The first-order valence-electron chi connectivity index (χ1n) is 41.4. The summed E-state index contributed by atoms with van der Waals surface area (Å²) in [5.74, 6) is -7.72. The van der Waals surface area contributed by atoms with E-state index in [1.54, 1.807) is 62.8 Å².